The van der Waals surface area contributed by atoms with Gasteiger partial charge in [-0.15, -0.1) is 11.3 Å². The second kappa shape index (κ2) is 8.90. The molecule has 1 unspecified atom stereocenters. The molecule has 0 radical (unpaired) electrons. The summed E-state index contributed by atoms with van der Waals surface area (Å²) in [5, 5.41) is 14.1. The SMILES string of the molecule is COc1cc([N+](=O)[O-])cc2sc(NC(=O)C3CCCN(S(=O)(=O)c4ccc(Cl)s4)C3)nc12. The molecule has 2 aromatic heterocycles. The van der Waals surface area contributed by atoms with Crippen molar-refractivity contribution in [2.45, 2.75) is 17.1 Å². The predicted octanol–water partition coefficient (Wildman–Crippen LogP) is 3.97. The molecule has 1 amide bonds. The van der Waals surface area contributed by atoms with Gasteiger partial charge in [0.05, 0.1) is 33.1 Å². The number of sulfonamides is 1. The topological polar surface area (TPSA) is 132 Å². The van der Waals surface area contributed by atoms with Crippen LogP contribution in [0.3, 0.4) is 0 Å². The molecule has 0 aliphatic carbocycles. The number of thiophene rings is 1. The Kier molecular flexibility index (Phi) is 6.36. The number of hydrogen-bond donors (Lipinski definition) is 1. The number of anilines is 1. The van der Waals surface area contributed by atoms with Gasteiger partial charge in [0.15, 0.2) is 10.9 Å². The van der Waals surface area contributed by atoms with Gasteiger partial charge >= 0.3 is 0 Å². The number of benzene rings is 1. The van der Waals surface area contributed by atoms with Crippen molar-refractivity contribution in [3.05, 3.63) is 38.7 Å². The zero-order valence-corrected chi connectivity index (χ0v) is 19.8. The first-order valence-corrected chi connectivity index (χ1v) is 12.8. The number of aromatic nitrogens is 1. The summed E-state index contributed by atoms with van der Waals surface area (Å²) in [5.41, 5.74) is 0.263. The van der Waals surface area contributed by atoms with Gasteiger partial charge in [0.1, 0.15) is 9.73 Å². The Morgan fingerprint density at radius 3 is 2.81 bits per heavy atom. The largest absolute Gasteiger partial charge is 0.494 e. The summed E-state index contributed by atoms with van der Waals surface area (Å²) >= 11 is 7.94. The minimum Gasteiger partial charge on any atom is -0.494 e. The molecular formula is C18H17ClN4O6S3. The van der Waals surface area contributed by atoms with Crippen molar-refractivity contribution in [1.29, 1.82) is 0 Å². The monoisotopic (exact) mass is 516 g/mol. The molecule has 1 saturated heterocycles. The summed E-state index contributed by atoms with van der Waals surface area (Å²) in [6.45, 7) is 0.368. The number of fused-ring (bicyclic) bond motifs is 1. The van der Waals surface area contributed by atoms with Crippen LogP contribution >= 0.6 is 34.3 Å². The van der Waals surface area contributed by atoms with Gasteiger partial charge in [-0.2, -0.15) is 4.31 Å². The lowest BCUT2D eigenvalue weighted by atomic mass is 9.99. The predicted molar refractivity (Wildman–Crippen MR) is 122 cm³/mol. The number of ether oxygens (including phenoxy) is 1. The molecule has 3 aromatic rings. The van der Waals surface area contributed by atoms with Gasteiger partial charge in [0.2, 0.25) is 5.91 Å². The number of halogens is 1. The van der Waals surface area contributed by atoms with Crippen molar-refractivity contribution >= 4 is 71.2 Å². The van der Waals surface area contributed by atoms with Crippen LogP contribution in [-0.2, 0) is 14.8 Å². The third kappa shape index (κ3) is 4.43. The number of non-ortho nitro benzene ring substituents is 1. The number of thiazole rings is 1. The highest BCUT2D eigenvalue weighted by atomic mass is 35.5. The summed E-state index contributed by atoms with van der Waals surface area (Å²) in [4.78, 5) is 27.8. The Morgan fingerprint density at radius 1 is 1.38 bits per heavy atom. The number of piperidine rings is 1. The lowest BCUT2D eigenvalue weighted by molar-refractivity contribution is -0.384. The maximum atomic E-state index is 12.9. The summed E-state index contributed by atoms with van der Waals surface area (Å²) in [6.07, 6.45) is 1.07. The van der Waals surface area contributed by atoms with E-state index in [9.17, 15) is 23.3 Å². The highest BCUT2D eigenvalue weighted by Gasteiger charge is 2.34. The lowest BCUT2D eigenvalue weighted by Gasteiger charge is -2.30. The summed E-state index contributed by atoms with van der Waals surface area (Å²) in [7, 11) is -2.35. The first kappa shape index (κ1) is 22.9. The van der Waals surface area contributed by atoms with Gasteiger partial charge < -0.3 is 10.1 Å². The molecule has 1 aliphatic heterocycles. The number of carbonyl (C=O) groups is 1. The molecule has 0 spiro atoms. The molecule has 4 rings (SSSR count). The van der Waals surface area contributed by atoms with Crippen molar-refractivity contribution in [3.63, 3.8) is 0 Å². The van der Waals surface area contributed by atoms with Gasteiger partial charge in [-0.05, 0) is 25.0 Å². The van der Waals surface area contributed by atoms with Crippen LogP contribution in [-0.4, -0.2) is 48.7 Å². The molecule has 10 nitrogen and oxygen atoms in total. The van der Waals surface area contributed by atoms with E-state index < -0.39 is 20.9 Å². The zero-order chi connectivity index (χ0) is 23.0. The smallest absolute Gasteiger partial charge is 0.274 e. The maximum Gasteiger partial charge on any atom is 0.274 e. The third-order valence-electron chi connectivity index (χ3n) is 5.00. The van der Waals surface area contributed by atoms with Crippen LogP contribution in [0.25, 0.3) is 10.2 Å². The molecule has 32 heavy (non-hydrogen) atoms. The minimum atomic E-state index is -3.73. The standard InChI is InChI=1S/C18H17ClN4O6S3/c1-29-12-7-11(23(25)26)8-13-16(12)20-18(30-13)21-17(24)10-3-2-6-22(9-10)32(27,28)15-5-4-14(19)31-15/h4-5,7-8,10H,2-3,6,9H2,1H3,(H,20,21,24). The van der Waals surface area contributed by atoms with Crippen LogP contribution in [0.5, 0.6) is 5.75 Å². The zero-order valence-electron chi connectivity index (χ0n) is 16.6. The first-order valence-electron chi connectivity index (χ1n) is 9.38. The Balaban J connectivity index is 1.52. The van der Waals surface area contributed by atoms with Crippen LogP contribution in [0.1, 0.15) is 12.8 Å². The summed E-state index contributed by atoms with van der Waals surface area (Å²) in [5.74, 6) is -0.686. The van der Waals surface area contributed by atoms with Gasteiger partial charge in [-0.25, -0.2) is 13.4 Å². The first-order chi connectivity index (χ1) is 15.2. The number of carbonyl (C=O) groups excluding carboxylic acids is 1. The van der Waals surface area contributed by atoms with Crippen molar-refractivity contribution in [3.8, 4) is 5.75 Å². The number of methoxy groups -OCH3 is 1. The number of nitro benzene ring substituents is 1. The number of nitrogens with one attached hydrogen (secondary N) is 1. The van der Waals surface area contributed by atoms with Crippen molar-refractivity contribution in [2.75, 3.05) is 25.5 Å². The van der Waals surface area contributed by atoms with E-state index in [1.807, 2.05) is 0 Å². The van der Waals surface area contributed by atoms with E-state index in [4.69, 9.17) is 16.3 Å². The van der Waals surface area contributed by atoms with Crippen LogP contribution in [0, 0.1) is 16.0 Å². The molecule has 0 bridgehead atoms. The molecule has 3 heterocycles. The Morgan fingerprint density at radius 2 is 2.16 bits per heavy atom. The maximum absolute atomic E-state index is 12.9. The van der Waals surface area contributed by atoms with E-state index in [1.54, 1.807) is 0 Å². The van der Waals surface area contributed by atoms with Crippen LogP contribution < -0.4 is 10.1 Å². The number of amides is 1. The fourth-order valence-corrected chi connectivity index (χ4v) is 7.53. The minimum absolute atomic E-state index is 0.0450. The van der Waals surface area contributed by atoms with Crippen molar-refractivity contribution in [2.24, 2.45) is 5.92 Å². The molecule has 0 saturated carbocycles. The van der Waals surface area contributed by atoms with Gasteiger partial charge in [0, 0.05) is 19.2 Å². The highest BCUT2D eigenvalue weighted by Crippen LogP contribution is 2.37. The van der Waals surface area contributed by atoms with E-state index in [-0.39, 0.29) is 33.2 Å². The average Bonchev–Trinajstić information content (AvgIpc) is 3.39. The molecular weight excluding hydrogens is 500 g/mol. The molecule has 1 aliphatic rings. The van der Waals surface area contributed by atoms with Gasteiger partial charge in [-0.1, -0.05) is 22.9 Å². The highest BCUT2D eigenvalue weighted by molar-refractivity contribution is 7.91. The fraction of sp³-hybridized carbons (Fsp3) is 0.333. The molecule has 14 heteroatoms. The summed E-state index contributed by atoms with van der Waals surface area (Å²) < 4.78 is 33.2. The van der Waals surface area contributed by atoms with Crippen molar-refractivity contribution < 1.29 is 22.9 Å². The van der Waals surface area contributed by atoms with Gasteiger partial charge in [0.25, 0.3) is 15.7 Å². The average molecular weight is 517 g/mol. The quantitative estimate of drug-likeness (QED) is 0.387. The molecule has 1 atom stereocenters. The van der Waals surface area contributed by atoms with E-state index >= 15 is 0 Å². The number of hydrogen-bond acceptors (Lipinski definition) is 9. The normalized spacial score (nSPS) is 17.4. The number of rotatable bonds is 6. The van der Waals surface area contributed by atoms with E-state index in [0.29, 0.717) is 33.9 Å². The Hall–Kier alpha value is -2.32. The second-order valence-electron chi connectivity index (χ2n) is 7.02. The van der Waals surface area contributed by atoms with E-state index in [2.05, 4.69) is 10.3 Å². The summed E-state index contributed by atoms with van der Waals surface area (Å²) in [6, 6.07) is 5.62. The Labute approximate surface area is 196 Å². The second-order valence-corrected chi connectivity index (χ2v) is 11.9. The fourth-order valence-electron chi connectivity index (χ4n) is 3.45. The molecule has 1 aromatic carbocycles. The molecule has 170 valence electrons. The third-order valence-corrected chi connectivity index (χ3v) is 9.48. The molecule has 1 N–H and O–H groups in total. The molecule has 1 fully saturated rings. The Bertz CT molecular complexity index is 1310. The van der Waals surface area contributed by atoms with E-state index in [1.165, 1.54) is 35.7 Å². The van der Waals surface area contributed by atoms with Crippen LogP contribution in [0.15, 0.2) is 28.5 Å². The number of nitro groups is 1. The lowest BCUT2D eigenvalue weighted by Crippen LogP contribution is -2.43. The number of nitrogens with zero attached hydrogens (tertiary/aromatic N) is 3. The van der Waals surface area contributed by atoms with E-state index in [0.717, 1.165) is 22.7 Å². The van der Waals surface area contributed by atoms with Crippen LogP contribution in [0.4, 0.5) is 10.8 Å². The van der Waals surface area contributed by atoms with Gasteiger partial charge in [-0.3, -0.25) is 14.9 Å². The van der Waals surface area contributed by atoms with Crippen LogP contribution in [0.2, 0.25) is 4.34 Å². The van der Waals surface area contributed by atoms with Crippen molar-refractivity contribution in [1.82, 2.24) is 9.29 Å².